The van der Waals surface area contributed by atoms with Crippen LogP contribution >= 0.6 is 0 Å². The van der Waals surface area contributed by atoms with E-state index in [1.807, 2.05) is 13.8 Å². The van der Waals surface area contributed by atoms with Crippen LogP contribution in [0.25, 0.3) is 0 Å². The van der Waals surface area contributed by atoms with E-state index in [1.54, 1.807) is 6.08 Å². The average molecular weight is 127 g/mol. The molecule has 2 heteroatoms. The van der Waals surface area contributed by atoms with Crippen LogP contribution in [0.4, 0.5) is 0 Å². The van der Waals surface area contributed by atoms with Crippen molar-refractivity contribution < 1.29 is 4.84 Å². The lowest BCUT2D eigenvalue weighted by Gasteiger charge is -2.02. The normalized spacial score (nSPS) is 11.8. The molecule has 2 nitrogen and oxygen atoms in total. The average Bonchev–Trinajstić information content (AvgIpc) is 1.82. The molecule has 0 bridgehead atoms. The zero-order chi connectivity index (χ0) is 7.28. The molecule has 52 valence electrons. The molecule has 0 aliphatic heterocycles. The fourth-order valence-electron chi connectivity index (χ4n) is 0.498. The third kappa shape index (κ3) is 2.93. The van der Waals surface area contributed by atoms with Crippen LogP contribution in [0.3, 0.4) is 0 Å². The van der Waals surface area contributed by atoms with Crippen molar-refractivity contribution in [1.29, 1.82) is 0 Å². The third-order valence-electron chi connectivity index (χ3n) is 1.11. The van der Waals surface area contributed by atoms with Crippen LogP contribution in [-0.2, 0) is 4.84 Å². The van der Waals surface area contributed by atoms with Gasteiger partial charge in [-0.25, -0.2) is 0 Å². The number of hydrogen-bond acceptors (Lipinski definition) is 2. The lowest BCUT2D eigenvalue weighted by molar-refractivity contribution is 0.256. The fraction of sp³-hybridized carbons (Fsp3) is 0.429. The summed E-state index contributed by atoms with van der Waals surface area (Å²) in [5.41, 5.74) is 1.01. The van der Waals surface area contributed by atoms with Crippen molar-refractivity contribution in [1.82, 2.24) is 0 Å². The zero-order valence-electron chi connectivity index (χ0n) is 5.92. The zero-order valence-corrected chi connectivity index (χ0v) is 5.92. The van der Waals surface area contributed by atoms with Crippen molar-refractivity contribution in [2.75, 3.05) is 0 Å². The molecular weight excluding hydrogens is 114 g/mol. The maximum Gasteiger partial charge on any atom is 0.114 e. The molecule has 0 atom stereocenters. The van der Waals surface area contributed by atoms with Crippen LogP contribution < -0.4 is 5.90 Å². The molecule has 2 N–H and O–H groups in total. The maximum atomic E-state index is 4.82. The second kappa shape index (κ2) is 4.15. The predicted molar refractivity (Wildman–Crippen MR) is 38.4 cm³/mol. The van der Waals surface area contributed by atoms with Gasteiger partial charge in [0.2, 0.25) is 0 Å². The molecule has 0 aromatic rings. The van der Waals surface area contributed by atoms with Crippen LogP contribution in [-0.4, -0.2) is 0 Å². The number of hydrogen-bond donors (Lipinski definition) is 1. The highest BCUT2D eigenvalue weighted by Crippen LogP contribution is 2.08. The molecular formula is C7H13NO. The highest BCUT2D eigenvalue weighted by atomic mass is 16.6. The number of nitrogens with two attached hydrogens (primary N) is 1. The minimum Gasteiger partial charge on any atom is -0.419 e. The maximum absolute atomic E-state index is 4.82. The van der Waals surface area contributed by atoms with Gasteiger partial charge in [0, 0.05) is 0 Å². The number of allylic oxidation sites excluding steroid dienone is 2. The standard InChI is InChI=1S/C7H13NO/c1-4-7(5-9-8)6(2)3/h4-6H,1,8H2,2-3H3/b7-5+. The summed E-state index contributed by atoms with van der Waals surface area (Å²) in [5, 5.41) is 0. The topological polar surface area (TPSA) is 35.2 Å². The largest absolute Gasteiger partial charge is 0.419 e. The Morgan fingerprint density at radius 2 is 2.22 bits per heavy atom. The molecule has 0 saturated carbocycles. The summed E-state index contributed by atoms with van der Waals surface area (Å²) in [6.07, 6.45) is 3.23. The van der Waals surface area contributed by atoms with E-state index >= 15 is 0 Å². The second-order valence-corrected chi connectivity index (χ2v) is 2.11. The predicted octanol–water partition coefficient (Wildman–Crippen LogP) is 1.60. The first kappa shape index (κ1) is 8.24. The molecule has 0 radical (unpaired) electrons. The Balaban J connectivity index is 3.97. The van der Waals surface area contributed by atoms with Crippen LogP contribution in [0.5, 0.6) is 0 Å². The summed E-state index contributed by atoms with van der Waals surface area (Å²) in [6.45, 7) is 7.69. The van der Waals surface area contributed by atoms with Crippen LogP contribution in [0.15, 0.2) is 24.5 Å². The lowest BCUT2D eigenvalue weighted by atomic mass is 10.1. The first-order valence-electron chi connectivity index (χ1n) is 2.90. The molecule has 0 aromatic carbocycles. The Bertz CT molecular complexity index is 116. The van der Waals surface area contributed by atoms with E-state index < -0.39 is 0 Å². The van der Waals surface area contributed by atoms with E-state index in [0.717, 1.165) is 5.57 Å². The van der Waals surface area contributed by atoms with Crippen molar-refractivity contribution in [2.24, 2.45) is 11.8 Å². The van der Waals surface area contributed by atoms with E-state index in [0.29, 0.717) is 5.92 Å². The van der Waals surface area contributed by atoms with Gasteiger partial charge < -0.3 is 4.84 Å². The smallest absolute Gasteiger partial charge is 0.114 e. The van der Waals surface area contributed by atoms with Gasteiger partial charge in [0.25, 0.3) is 0 Å². The summed E-state index contributed by atoms with van der Waals surface area (Å²) < 4.78 is 0. The first-order chi connectivity index (χ1) is 4.22. The van der Waals surface area contributed by atoms with Gasteiger partial charge in [-0.05, 0) is 11.5 Å². The summed E-state index contributed by atoms with van der Waals surface area (Å²) in [6, 6.07) is 0. The summed E-state index contributed by atoms with van der Waals surface area (Å²) >= 11 is 0. The van der Waals surface area contributed by atoms with Crippen molar-refractivity contribution in [3.05, 3.63) is 24.5 Å². The molecule has 0 aromatic heterocycles. The molecule has 0 aliphatic rings. The van der Waals surface area contributed by atoms with E-state index in [9.17, 15) is 0 Å². The molecule has 0 rings (SSSR count). The summed E-state index contributed by atoms with van der Waals surface area (Å²) in [4.78, 5) is 4.32. The molecule has 0 amide bonds. The minimum absolute atomic E-state index is 0.422. The lowest BCUT2D eigenvalue weighted by Crippen LogP contribution is -1.95. The van der Waals surface area contributed by atoms with Gasteiger partial charge in [0.15, 0.2) is 0 Å². The Labute approximate surface area is 56.0 Å². The van der Waals surface area contributed by atoms with Crippen molar-refractivity contribution >= 4 is 0 Å². The highest BCUT2D eigenvalue weighted by molar-refractivity contribution is 5.15. The van der Waals surface area contributed by atoms with E-state index in [2.05, 4.69) is 11.4 Å². The quantitative estimate of drug-likeness (QED) is 0.355. The van der Waals surface area contributed by atoms with Crippen LogP contribution in [0.2, 0.25) is 0 Å². The van der Waals surface area contributed by atoms with E-state index in [1.165, 1.54) is 6.26 Å². The Hall–Kier alpha value is -0.760. The highest BCUT2D eigenvalue weighted by Gasteiger charge is 1.96. The third-order valence-corrected chi connectivity index (χ3v) is 1.11. The van der Waals surface area contributed by atoms with Crippen LogP contribution in [0.1, 0.15) is 13.8 Å². The molecule has 0 saturated heterocycles. The van der Waals surface area contributed by atoms with E-state index in [4.69, 9.17) is 5.90 Å². The molecule has 9 heavy (non-hydrogen) atoms. The first-order valence-corrected chi connectivity index (χ1v) is 2.90. The second-order valence-electron chi connectivity index (χ2n) is 2.11. The van der Waals surface area contributed by atoms with Crippen molar-refractivity contribution in [2.45, 2.75) is 13.8 Å². The molecule has 0 fully saturated rings. The van der Waals surface area contributed by atoms with Gasteiger partial charge in [-0.1, -0.05) is 26.5 Å². The van der Waals surface area contributed by atoms with Gasteiger partial charge in [0.1, 0.15) is 6.26 Å². The Morgan fingerprint density at radius 3 is 2.33 bits per heavy atom. The minimum atomic E-state index is 0.422. The Morgan fingerprint density at radius 1 is 1.67 bits per heavy atom. The van der Waals surface area contributed by atoms with Gasteiger partial charge in [0.05, 0.1) is 0 Å². The Kier molecular flexibility index (Phi) is 3.80. The van der Waals surface area contributed by atoms with Crippen molar-refractivity contribution in [3.63, 3.8) is 0 Å². The molecule has 0 spiro atoms. The molecule has 0 unspecified atom stereocenters. The summed E-state index contributed by atoms with van der Waals surface area (Å²) in [7, 11) is 0. The van der Waals surface area contributed by atoms with Gasteiger partial charge >= 0.3 is 0 Å². The van der Waals surface area contributed by atoms with Crippen molar-refractivity contribution in [3.8, 4) is 0 Å². The summed E-state index contributed by atoms with van der Waals surface area (Å²) in [5.74, 6) is 5.24. The monoisotopic (exact) mass is 127 g/mol. The van der Waals surface area contributed by atoms with Gasteiger partial charge in [-0.2, -0.15) is 5.90 Å². The van der Waals surface area contributed by atoms with Crippen LogP contribution in [0, 0.1) is 5.92 Å². The SMILES string of the molecule is C=C/C(=C\ON)C(C)C. The van der Waals surface area contributed by atoms with E-state index in [-0.39, 0.29) is 0 Å². The fourth-order valence-corrected chi connectivity index (χ4v) is 0.498. The number of rotatable bonds is 3. The van der Waals surface area contributed by atoms with Gasteiger partial charge in [-0.3, -0.25) is 0 Å². The van der Waals surface area contributed by atoms with Gasteiger partial charge in [-0.15, -0.1) is 0 Å². The molecule has 0 aliphatic carbocycles. The molecule has 0 heterocycles.